The Balaban J connectivity index is 1.54. The second kappa shape index (κ2) is 12.6. The van der Waals surface area contributed by atoms with Crippen LogP contribution in [0.15, 0.2) is 53.5 Å². The predicted octanol–water partition coefficient (Wildman–Crippen LogP) is 3.64. The van der Waals surface area contributed by atoms with Gasteiger partial charge in [-0.2, -0.15) is 4.98 Å². The molecular weight excluding hydrogens is 507 g/mol. The lowest BCUT2D eigenvalue weighted by molar-refractivity contribution is 0.259. The number of H-pyrrole nitrogens is 1. The number of benzene rings is 2. The first-order valence-electron chi connectivity index (χ1n) is 12.8. The minimum absolute atomic E-state index is 0.0319. The van der Waals surface area contributed by atoms with E-state index in [4.69, 9.17) is 28.2 Å². The van der Waals surface area contributed by atoms with Crippen LogP contribution < -0.4 is 22.5 Å². The van der Waals surface area contributed by atoms with Gasteiger partial charge in [-0.25, -0.2) is 9.18 Å². The van der Waals surface area contributed by atoms with Gasteiger partial charge in [0.05, 0.1) is 23.0 Å². The summed E-state index contributed by atoms with van der Waals surface area (Å²) in [7, 11) is 0. The maximum Gasteiger partial charge on any atom is 0.354 e. The first-order chi connectivity index (χ1) is 18.2. The van der Waals surface area contributed by atoms with Crippen molar-refractivity contribution < 1.29 is 9.50 Å². The Morgan fingerprint density at radius 1 is 1.16 bits per heavy atom. The van der Waals surface area contributed by atoms with E-state index in [2.05, 4.69) is 15.3 Å². The quantitative estimate of drug-likeness (QED) is 0.174. The van der Waals surface area contributed by atoms with Gasteiger partial charge < -0.3 is 26.9 Å². The fourth-order valence-electron chi connectivity index (χ4n) is 4.32. The Bertz CT molecular complexity index is 1430. The molecule has 0 radical (unpaired) electrons. The molecule has 2 heterocycles. The van der Waals surface area contributed by atoms with E-state index in [1.807, 2.05) is 31.2 Å². The molecule has 4 rings (SSSR count). The number of halogens is 2. The van der Waals surface area contributed by atoms with Gasteiger partial charge in [-0.1, -0.05) is 23.7 Å². The lowest BCUT2D eigenvalue weighted by Gasteiger charge is -2.10. The van der Waals surface area contributed by atoms with Crippen LogP contribution in [0.25, 0.3) is 28.0 Å². The molecule has 2 atom stereocenters. The molecule has 0 saturated carbocycles. The number of aliphatic hydroxyl groups excluding tert-OH is 1. The minimum atomic E-state index is -0.521. The molecule has 0 saturated heterocycles. The summed E-state index contributed by atoms with van der Waals surface area (Å²) in [6, 6.07) is 12.6. The van der Waals surface area contributed by atoms with Crippen LogP contribution in [-0.2, 0) is 13.0 Å². The van der Waals surface area contributed by atoms with Crippen molar-refractivity contribution in [3.8, 4) is 16.9 Å². The molecular formula is C28H34ClFN6O2. The molecule has 4 aromatic rings. The molecule has 202 valence electrons. The molecule has 0 amide bonds. The number of fused-ring (bicyclic) bond motifs is 1. The molecule has 0 unspecified atom stereocenters. The third kappa shape index (κ3) is 6.86. The fraction of sp³-hybridized carbons (Fsp3) is 0.357. The van der Waals surface area contributed by atoms with Crippen LogP contribution in [0.5, 0.6) is 0 Å². The van der Waals surface area contributed by atoms with E-state index in [1.165, 1.54) is 4.57 Å². The van der Waals surface area contributed by atoms with Gasteiger partial charge in [0.25, 0.3) is 0 Å². The number of hydrogen-bond acceptors (Lipinski definition) is 6. The molecule has 2 aromatic carbocycles. The Morgan fingerprint density at radius 2 is 1.92 bits per heavy atom. The van der Waals surface area contributed by atoms with Crippen LogP contribution in [0.4, 0.5) is 4.39 Å². The summed E-state index contributed by atoms with van der Waals surface area (Å²) in [5.41, 5.74) is 15.0. The van der Waals surface area contributed by atoms with E-state index in [1.54, 1.807) is 24.4 Å². The van der Waals surface area contributed by atoms with Gasteiger partial charge >= 0.3 is 5.69 Å². The van der Waals surface area contributed by atoms with Crippen LogP contribution in [0.1, 0.15) is 37.3 Å². The maximum atomic E-state index is 15.0. The first kappa shape index (κ1) is 27.9. The van der Waals surface area contributed by atoms with Crippen LogP contribution >= 0.6 is 11.6 Å². The molecule has 38 heavy (non-hydrogen) atoms. The van der Waals surface area contributed by atoms with E-state index in [9.17, 15) is 9.18 Å². The van der Waals surface area contributed by atoms with Gasteiger partial charge in [0.1, 0.15) is 5.65 Å². The van der Waals surface area contributed by atoms with Gasteiger partial charge in [-0.05, 0) is 80.6 Å². The maximum absolute atomic E-state index is 15.0. The van der Waals surface area contributed by atoms with Crippen LogP contribution in [0.3, 0.4) is 0 Å². The zero-order valence-corrected chi connectivity index (χ0v) is 22.1. The molecule has 0 bridgehead atoms. The molecule has 0 fully saturated rings. The van der Waals surface area contributed by atoms with Gasteiger partial charge in [0.15, 0.2) is 5.82 Å². The minimum Gasteiger partial charge on any atom is -0.395 e. The van der Waals surface area contributed by atoms with Crippen molar-refractivity contribution in [1.29, 1.82) is 0 Å². The largest absolute Gasteiger partial charge is 0.395 e. The molecule has 8 nitrogen and oxygen atoms in total. The topological polar surface area (TPSA) is 135 Å². The summed E-state index contributed by atoms with van der Waals surface area (Å²) in [5.74, 6) is -0.521. The van der Waals surface area contributed by atoms with E-state index in [0.29, 0.717) is 47.5 Å². The van der Waals surface area contributed by atoms with E-state index in [0.717, 1.165) is 30.4 Å². The number of nitrogens with two attached hydrogens (primary N) is 2. The van der Waals surface area contributed by atoms with E-state index < -0.39 is 11.5 Å². The zero-order valence-electron chi connectivity index (χ0n) is 21.4. The summed E-state index contributed by atoms with van der Waals surface area (Å²) in [4.78, 5) is 20.1. The van der Waals surface area contributed by atoms with E-state index >= 15 is 0 Å². The number of aromatic nitrogens is 3. The Labute approximate surface area is 225 Å². The van der Waals surface area contributed by atoms with Crippen LogP contribution in [0.2, 0.25) is 5.02 Å². The van der Waals surface area contributed by atoms with Crippen molar-refractivity contribution in [3.63, 3.8) is 0 Å². The highest BCUT2D eigenvalue weighted by Gasteiger charge is 2.15. The summed E-state index contributed by atoms with van der Waals surface area (Å²) in [6.45, 7) is 3.27. The molecule has 0 aliphatic rings. The fourth-order valence-corrected chi connectivity index (χ4v) is 4.57. The van der Waals surface area contributed by atoms with Crippen molar-refractivity contribution in [2.45, 2.75) is 51.2 Å². The molecule has 0 spiro atoms. The van der Waals surface area contributed by atoms with E-state index in [-0.39, 0.29) is 23.7 Å². The Hall–Kier alpha value is -3.08. The monoisotopic (exact) mass is 540 g/mol. The molecule has 0 aliphatic carbocycles. The number of hydrogen-bond donors (Lipinski definition) is 5. The van der Waals surface area contributed by atoms with Gasteiger partial charge in [0.2, 0.25) is 0 Å². The number of nitrogens with one attached hydrogen (secondary N) is 2. The van der Waals surface area contributed by atoms with Crippen LogP contribution in [0, 0.1) is 5.82 Å². The van der Waals surface area contributed by atoms with Gasteiger partial charge in [0, 0.05) is 35.8 Å². The second-order valence-electron chi connectivity index (χ2n) is 9.76. The normalized spacial score (nSPS) is 13.2. The number of rotatable bonds is 12. The number of aromatic amines is 1. The zero-order chi connectivity index (χ0) is 27.2. The highest BCUT2D eigenvalue weighted by atomic mass is 35.5. The highest BCUT2D eigenvalue weighted by molar-refractivity contribution is 6.31. The first-order valence-corrected chi connectivity index (χ1v) is 13.2. The Morgan fingerprint density at radius 3 is 2.63 bits per heavy atom. The summed E-state index contributed by atoms with van der Waals surface area (Å²) in [5, 5.41) is 13.0. The molecule has 10 heteroatoms. The van der Waals surface area contributed by atoms with Crippen LogP contribution in [-0.4, -0.2) is 44.9 Å². The van der Waals surface area contributed by atoms with Crippen molar-refractivity contribution in [3.05, 3.63) is 81.1 Å². The lowest BCUT2D eigenvalue weighted by atomic mass is 10.0. The number of aryl methyl sites for hydroxylation is 1. The summed E-state index contributed by atoms with van der Waals surface area (Å²) >= 11 is 6.21. The second-order valence-corrected chi connectivity index (χ2v) is 10.2. The highest BCUT2D eigenvalue weighted by Crippen LogP contribution is 2.31. The summed E-state index contributed by atoms with van der Waals surface area (Å²) in [6.07, 6.45) is 4.85. The Kier molecular flexibility index (Phi) is 9.30. The molecule has 0 aliphatic heterocycles. The van der Waals surface area contributed by atoms with Gasteiger partial charge in [-0.15, -0.1) is 0 Å². The molecule has 7 N–H and O–H groups in total. The van der Waals surface area contributed by atoms with Gasteiger partial charge in [-0.3, -0.25) is 4.57 Å². The third-order valence-electron chi connectivity index (χ3n) is 6.48. The van der Waals surface area contributed by atoms with Crippen molar-refractivity contribution in [2.24, 2.45) is 11.5 Å². The summed E-state index contributed by atoms with van der Waals surface area (Å²) < 4.78 is 16.5. The SMILES string of the molecule is C[C@H](N)CCCc1cc(Cl)c(F)c(-c2cc3cn(-c4ccc(CNCC[C@@H](N)CO)cc4)c(=O)nc3[nH]2)c1. The smallest absolute Gasteiger partial charge is 0.354 e. The average molecular weight is 541 g/mol. The average Bonchev–Trinajstić information content (AvgIpc) is 3.30. The van der Waals surface area contributed by atoms with Crippen molar-refractivity contribution >= 4 is 22.6 Å². The van der Waals surface area contributed by atoms with Crippen molar-refractivity contribution in [1.82, 2.24) is 19.9 Å². The molecule has 2 aromatic heterocycles. The predicted molar refractivity (Wildman–Crippen MR) is 150 cm³/mol. The lowest BCUT2D eigenvalue weighted by Crippen LogP contribution is -2.29. The number of nitrogens with zero attached hydrogens (tertiary/aromatic N) is 2. The van der Waals surface area contributed by atoms with Crippen molar-refractivity contribution in [2.75, 3.05) is 13.2 Å². The standard InChI is InChI=1S/C28H34ClFN6O2/c1-17(31)3-2-4-19-11-23(26(30)24(29)12-19)25-13-20-15-36(28(38)35-27(20)34-25)22-7-5-18(6-8-22)14-33-10-9-21(32)16-37/h5-8,11-13,15,17,21,33,37H,2-4,9-10,14,16,31-32H2,1H3,(H,34,35,38)/t17-,21+/m0/s1. The third-order valence-corrected chi connectivity index (χ3v) is 6.76. The number of aliphatic hydroxyl groups is 1.